The first-order valence-electron chi connectivity index (χ1n) is 16.0. The zero-order valence-electron chi connectivity index (χ0n) is 25.2. The average molecular weight is 604 g/mol. The van der Waals surface area contributed by atoms with Crippen LogP contribution in [0.25, 0.3) is 69.9 Å². The van der Waals surface area contributed by atoms with Gasteiger partial charge in [-0.1, -0.05) is 121 Å². The van der Waals surface area contributed by atoms with Gasteiger partial charge in [0.1, 0.15) is 0 Å². The maximum atomic E-state index is 2.45. The van der Waals surface area contributed by atoms with Gasteiger partial charge in [0.25, 0.3) is 0 Å². The van der Waals surface area contributed by atoms with Crippen molar-refractivity contribution in [2.45, 2.75) is 12.8 Å². The van der Waals surface area contributed by atoms with Gasteiger partial charge >= 0.3 is 0 Å². The van der Waals surface area contributed by atoms with Crippen molar-refractivity contribution in [1.82, 2.24) is 4.57 Å². The van der Waals surface area contributed by atoms with E-state index >= 15 is 0 Å². The highest BCUT2D eigenvalue weighted by Crippen LogP contribution is 2.45. The van der Waals surface area contributed by atoms with Crippen molar-refractivity contribution in [1.29, 1.82) is 0 Å². The number of nitrogens with zero attached hydrogens (tertiary/aromatic N) is 1. The maximum absolute atomic E-state index is 2.45. The second kappa shape index (κ2) is 10.0. The smallest absolute Gasteiger partial charge is 0.0541 e. The zero-order valence-corrected chi connectivity index (χ0v) is 26.0. The maximum Gasteiger partial charge on any atom is 0.0541 e. The van der Waals surface area contributed by atoms with Crippen LogP contribution in [0.1, 0.15) is 22.3 Å². The van der Waals surface area contributed by atoms with Gasteiger partial charge in [0.2, 0.25) is 0 Å². The summed E-state index contributed by atoms with van der Waals surface area (Å²) in [6.45, 7) is 0. The van der Waals surface area contributed by atoms with Crippen molar-refractivity contribution >= 4 is 54.7 Å². The van der Waals surface area contributed by atoms with Crippen molar-refractivity contribution in [2.75, 3.05) is 0 Å². The fourth-order valence-electron chi connectivity index (χ4n) is 7.67. The van der Waals surface area contributed by atoms with E-state index in [-0.39, 0.29) is 0 Å². The quantitative estimate of drug-likeness (QED) is 0.189. The van der Waals surface area contributed by atoms with E-state index < -0.39 is 0 Å². The molecule has 0 aliphatic heterocycles. The molecule has 1 nitrogen and oxygen atoms in total. The van der Waals surface area contributed by atoms with Crippen LogP contribution in [0.3, 0.4) is 0 Å². The Morgan fingerprint density at radius 2 is 0.957 bits per heavy atom. The van der Waals surface area contributed by atoms with E-state index in [1.165, 1.54) is 92.2 Å². The third-order valence-corrected chi connectivity index (χ3v) is 11.2. The summed E-state index contributed by atoms with van der Waals surface area (Å²) in [4.78, 5) is 2.69. The normalized spacial score (nSPS) is 12.6. The minimum absolute atomic E-state index is 0.962. The summed E-state index contributed by atoms with van der Waals surface area (Å²) in [6, 6.07) is 56.2. The fraction of sp³-hybridized carbons (Fsp3) is 0.0455. The molecule has 0 spiro atoms. The van der Waals surface area contributed by atoms with Crippen LogP contribution in [-0.2, 0) is 12.8 Å². The Balaban J connectivity index is 1.04. The van der Waals surface area contributed by atoms with Crippen LogP contribution in [-0.4, -0.2) is 4.57 Å². The van der Waals surface area contributed by atoms with Crippen molar-refractivity contribution in [3.8, 4) is 26.6 Å². The molecule has 216 valence electrons. The summed E-state index contributed by atoms with van der Waals surface area (Å²) in [5.41, 5.74) is 12.1. The second-order valence-corrected chi connectivity index (χ2v) is 13.6. The highest BCUT2D eigenvalue weighted by Gasteiger charge is 2.20. The fourth-order valence-corrected chi connectivity index (χ4v) is 8.95. The van der Waals surface area contributed by atoms with Gasteiger partial charge in [0, 0.05) is 37.0 Å². The average Bonchev–Trinajstić information content (AvgIpc) is 3.66. The van der Waals surface area contributed by atoms with Crippen molar-refractivity contribution in [3.05, 3.63) is 174 Å². The molecule has 0 atom stereocenters. The Labute approximate surface area is 271 Å². The highest BCUT2D eigenvalue weighted by molar-refractivity contribution is 7.21. The SMILES string of the molecule is c1ccc(-c2sc(-c3ccc4cc5c(cc4c3)Cc3ccc(-n4c6ccccc6c6ccccc64)cc3C5)c3ccccc23)cc1. The van der Waals surface area contributed by atoms with Crippen LogP contribution in [0.2, 0.25) is 0 Å². The van der Waals surface area contributed by atoms with Crippen molar-refractivity contribution in [3.63, 3.8) is 0 Å². The number of hydrogen-bond donors (Lipinski definition) is 0. The summed E-state index contributed by atoms with van der Waals surface area (Å²) in [7, 11) is 0. The molecule has 0 bridgehead atoms. The van der Waals surface area contributed by atoms with Gasteiger partial charge in [-0.2, -0.15) is 0 Å². The largest absolute Gasteiger partial charge is 0.309 e. The molecule has 10 rings (SSSR count). The summed E-state index contributed by atoms with van der Waals surface area (Å²) >= 11 is 1.91. The van der Waals surface area contributed by atoms with Crippen LogP contribution >= 0.6 is 11.3 Å². The molecule has 0 fully saturated rings. The number of para-hydroxylation sites is 2. The summed E-state index contributed by atoms with van der Waals surface area (Å²) in [5, 5.41) is 7.90. The number of benzene rings is 7. The van der Waals surface area contributed by atoms with Crippen LogP contribution in [0, 0.1) is 0 Å². The summed E-state index contributed by atoms with van der Waals surface area (Å²) < 4.78 is 2.43. The lowest BCUT2D eigenvalue weighted by molar-refractivity contribution is 0.997. The van der Waals surface area contributed by atoms with Gasteiger partial charge in [-0.25, -0.2) is 0 Å². The molecular weight excluding hydrogens is 575 g/mol. The predicted octanol–water partition coefficient (Wildman–Crippen LogP) is 12.0. The molecule has 1 aliphatic carbocycles. The molecule has 1 aliphatic rings. The van der Waals surface area contributed by atoms with Gasteiger partial charge in [-0.3, -0.25) is 0 Å². The Morgan fingerprint density at radius 3 is 1.67 bits per heavy atom. The monoisotopic (exact) mass is 603 g/mol. The molecule has 7 aromatic carbocycles. The van der Waals surface area contributed by atoms with Gasteiger partial charge in [-0.05, 0) is 87.3 Å². The first kappa shape index (κ1) is 25.8. The van der Waals surface area contributed by atoms with Crippen LogP contribution in [0.5, 0.6) is 0 Å². The lowest BCUT2D eigenvalue weighted by Crippen LogP contribution is -2.08. The van der Waals surface area contributed by atoms with Crippen molar-refractivity contribution < 1.29 is 0 Å². The molecule has 2 aromatic heterocycles. The molecule has 2 heterocycles. The first-order valence-corrected chi connectivity index (χ1v) is 16.8. The highest BCUT2D eigenvalue weighted by atomic mass is 32.1. The molecule has 0 N–H and O–H groups in total. The van der Waals surface area contributed by atoms with Crippen LogP contribution < -0.4 is 0 Å². The molecule has 0 unspecified atom stereocenters. The van der Waals surface area contributed by atoms with E-state index in [0.717, 1.165) is 12.8 Å². The standard InChI is InChI=1S/C44H29NS/c1-2-10-28(11-3-1)43-39-14-4-5-15-40(39)44(46-43)31-19-18-29-22-34-26-35-27-36(21-20-30(35)23-33(34)25-32(29)24-31)45-41-16-8-6-12-37(41)38-13-7-9-17-42(38)45/h1-22,24-25,27H,23,26H2. The zero-order chi connectivity index (χ0) is 30.2. The van der Waals surface area contributed by atoms with Crippen LogP contribution in [0.15, 0.2) is 152 Å². The Bertz CT molecular complexity index is 2580. The summed E-state index contributed by atoms with van der Waals surface area (Å²) in [5.74, 6) is 0. The number of rotatable bonds is 3. The van der Waals surface area contributed by atoms with E-state index in [9.17, 15) is 0 Å². The molecule has 46 heavy (non-hydrogen) atoms. The minimum atomic E-state index is 0.962. The summed E-state index contributed by atoms with van der Waals surface area (Å²) in [6.07, 6.45) is 1.93. The number of fused-ring (bicyclic) bond motifs is 7. The lowest BCUT2D eigenvalue weighted by atomic mass is 9.84. The molecule has 0 saturated carbocycles. The van der Waals surface area contributed by atoms with Gasteiger partial charge in [0.15, 0.2) is 0 Å². The molecule has 0 amide bonds. The Hall–Kier alpha value is -5.44. The van der Waals surface area contributed by atoms with Gasteiger partial charge in [0.05, 0.1) is 11.0 Å². The topological polar surface area (TPSA) is 4.93 Å². The second-order valence-electron chi connectivity index (χ2n) is 12.5. The van der Waals surface area contributed by atoms with Gasteiger partial charge in [-0.15, -0.1) is 11.3 Å². The van der Waals surface area contributed by atoms with E-state index in [1.807, 2.05) is 11.3 Å². The lowest BCUT2D eigenvalue weighted by Gasteiger charge is -2.22. The third kappa shape index (κ3) is 3.94. The molecular formula is C44H29NS. The van der Waals surface area contributed by atoms with Gasteiger partial charge < -0.3 is 4.57 Å². The van der Waals surface area contributed by atoms with Crippen LogP contribution in [0.4, 0.5) is 0 Å². The number of thiophene rings is 1. The van der Waals surface area contributed by atoms with E-state index in [4.69, 9.17) is 0 Å². The number of aromatic nitrogens is 1. The molecule has 2 heteroatoms. The minimum Gasteiger partial charge on any atom is -0.309 e. The Kier molecular flexibility index (Phi) is 5.64. The van der Waals surface area contributed by atoms with Crippen molar-refractivity contribution in [2.24, 2.45) is 0 Å². The first-order chi connectivity index (χ1) is 22.8. The molecule has 9 aromatic rings. The molecule has 0 radical (unpaired) electrons. The molecule has 0 saturated heterocycles. The third-order valence-electron chi connectivity index (χ3n) is 9.87. The Morgan fingerprint density at radius 1 is 0.391 bits per heavy atom. The van der Waals surface area contributed by atoms with E-state index in [1.54, 1.807) is 0 Å². The van der Waals surface area contributed by atoms with E-state index in [2.05, 4.69) is 156 Å². The number of hydrogen-bond acceptors (Lipinski definition) is 1. The predicted molar refractivity (Wildman–Crippen MR) is 197 cm³/mol. The van der Waals surface area contributed by atoms with E-state index in [0.29, 0.717) is 0 Å².